The maximum atomic E-state index is 11.7. The number of aromatic nitrogens is 1. The number of nitrogens with zero attached hydrogens (tertiary/aromatic N) is 3. The van der Waals surface area contributed by atoms with Gasteiger partial charge < -0.3 is 10.2 Å². The molecular weight excluding hydrogens is 264 g/mol. The van der Waals surface area contributed by atoms with Crippen LogP contribution in [0.2, 0.25) is 0 Å². The molecule has 0 saturated carbocycles. The van der Waals surface area contributed by atoms with Crippen molar-refractivity contribution in [2.45, 2.75) is 31.8 Å². The summed E-state index contributed by atoms with van der Waals surface area (Å²) in [5, 5.41) is 3.67. The number of carbonyl (C=O) groups is 1. The average molecular weight is 290 g/mol. The molecule has 0 radical (unpaired) electrons. The van der Waals surface area contributed by atoms with Crippen LogP contribution in [-0.4, -0.2) is 60.5 Å². The van der Waals surface area contributed by atoms with Gasteiger partial charge in [-0.15, -0.1) is 0 Å². The molecule has 1 aliphatic heterocycles. The normalized spacial score (nSPS) is 18.4. The number of hydrogen-bond donors (Lipinski definition) is 1. The zero-order valence-corrected chi connectivity index (χ0v) is 13.2. The lowest BCUT2D eigenvalue weighted by Gasteiger charge is -2.34. The van der Waals surface area contributed by atoms with Gasteiger partial charge in [-0.2, -0.15) is 0 Å². The van der Waals surface area contributed by atoms with Crippen molar-refractivity contribution in [2.24, 2.45) is 0 Å². The minimum Gasteiger partial charge on any atom is -0.348 e. The fraction of sp³-hybridized carbons (Fsp3) is 0.625. The van der Waals surface area contributed by atoms with E-state index in [0.29, 0.717) is 18.6 Å². The van der Waals surface area contributed by atoms with Crippen molar-refractivity contribution in [2.75, 3.05) is 33.7 Å². The summed E-state index contributed by atoms with van der Waals surface area (Å²) in [5.41, 5.74) is 1.22. The number of nitrogens with one attached hydrogen (secondary N) is 1. The third kappa shape index (κ3) is 4.79. The molecule has 21 heavy (non-hydrogen) atoms. The molecule has 1 aliphatic rings. The molecule has 1 aromatic heterocycles. The van der Waals surface area contributed by atoms with Crippen LogP contribution < -0.4 is 5.32 Å². The Hall–Kier alpha value is -1.46. The van der Waals surface area contributed by atoms with Gasteiger partial charge in [-0.25, -0.2) is 0 Å². The van der Waals surface area contributed by atoms with E-state index in [0.717, 1.165) is 25.9 Å². The van der Waals surface area contributed by atoms with Crippen molar-refractivity contribution >= 4 is 5.91 Å². The Bertz CT molecular complexity index is 441. The van der Waals surface area contributed by atoms with Gasteiger partial charge in [-0.1, -0.05) is 6.07 Å². The van der Waals surface area contributed by atoms with Gasteiger partial charge in [0.1, 0.15) is 0 Å². The molecule has 0 aliphatic carbocycles. The van der Waals surface area contributed by atoms with Gasteiger partial charge in [-0.3, -0.25) is 14.7 Å². The second-order valence-electron chi connectivity index (χ2n) is 6.01. The van der Waals surface area contributed by atoms with E-state index in [9.17, 15) is 4.79 Å². The Balaban J connectivity index is 1.75. The predicted octanol–water partition coefficient (Wildman–Crippen LogP) is 1.28. The Labute approximate surface area is 127 Å². The third-order valence-corrected chi connectivity index (χ3v) is 4.12. The number of likely N-dealkylation sites (N-methyl/N-ethyl adjacent to an activating group) is 1. The second kappa shape index (κ2) is 7.52. The molecule has 1 N–H and O–H groups in total. The first-order chi connectivity index (χ1) is 10.1. The molecular formula is C16H26N4O. The number of piperidine rings is 1. The summed E-state index contributed by atoms with van der Waals surface area (Å²) in [6.45, 7) is 4.69. The van der Waals surface area contributed by atoms with Crippen molar-refractivity contribution < 1.29 is 4.79 Å². The SMILES string of the molecule is C[C@@H](NC1CCN(CC(=O)N(C)C)CC1)c1cccnc1. The Morgan fingerprint density at radius 3 is 2.76 bits per heavy atom. The van der Waals surface area contributed by atoms with Gasteiger partial charge in [0.25, 0.3) is 0 Å². The van der Waals surface area contributed by atoms with Crippen LogP contribution in [0.5, 0.6) is 0 Å². The first kappa shape index (κ1) is 15.9. The number of pyridine rings is 1. The van der Waals surface area contributed by atoms with Gasteiger partial charge in [0.05, 0.1) is 6.54 Å². The standard InChI is InChI=1S/C16H26N4O/c1-13(14-5-4-8-17-11-14)18-15-6-9-20(10-7-15)12-16(21)19(2)3/h4-5,8,11,13,15,18H,6-7,9-10,12H2,1-3H3/t13-/m1/s1. The van der Waals surface area contributed by atoms with Crippen LogP contribution in [0.25, 0.3) is 0 Å². The van der Waals surface area contributed by atoms with E-state index >= 15 is 0 Å². The van der Waals surface area contributed by atoms with Gasteiger partial charge in [0.15, 0.2) is 0 Å². The van der Waals surface area contributed by atoms with Crippen LogP contribution in [0.15, 0.2) is 24.5 Å². The molecule has 5 nitrogen and oxygen atoms in total. The zero-order valence-electron chi connectivity index (χ0n) is 13.2. The zero-order chi connectivity index (χ0) is 15.2. The molecule has 1 atom stereocenters. The molecule has 2 heterocycles. The molecule has 0 bridgehead atoms. The molecule has 2 rings (SSSR count). The van der Waals surface area contributed by atoms with Crippen LogP contribution in [0.3, 0.4) is 0 Å². The van der Waals surface area contributed by atoms with Crippen LogP contribution in [-0.2, 0) is 4.79 Å². The minimum absolute atomic E-state index is 0.185. The molecule has 1 aromatic rings. The van der Waals surface area contributed by atoms with Crippen molar-refractivity contribution in [1.29, 1.82) is 0 Å². The lowest BCUT2D eigenvalue weighted by Crippen LogP contribution is -2.46. The van der Waals surface area contributed by atoms with Gasteiger partial charge in [0.2, 0.25) is 5.91 Å². The lowest BCUT2D eigenvalue weighted by molar-refractivity contribution is -0.130. The number of carbonyl (C=O) groups excluding carboxylic acids is 1. The fourth-order valence-electron chi connectivity index (χ4n) is 2.67. The summed E-state index contributed by atoms with van der Waals surface area (Å²) in [7, 11) is 3.62. The predicted molar refractivity (Wildman–Crippen MR) is 83.9 cm³/mol. The van der Waals surface area contributed by atoms with E-state index in [2.05, 4.69) is 28.2 Å². The Morgan fingerprint density at radius 2 is 2.19 bits per heavy atom. The van der Waals surface area contributed by atoms with Crippen LogP contribution >= 0.6 is 0 Å². The van der Waals surface area contributed by atoms with Crippen LogP contribution in [0.4, 0.5) is 0 Å². The molecule has 1 fully saturated rings. The van der Waals surface area contributed by atoms with Crippen LogP contribution in [0, 0.1) is 0 Å². The molecule has 1 saturated heterocycles. The highest BCUT2D eigenvalue weighted by Crippen LogP contribution is 2.16. The monoisotopic (exact) mass is 290 g/mol. The van der Waals surface area contributed by atoms with Gasteiger partial charge in [-0.05, 0) is 31.4 Å². The molecule has 0 spiro atoms. The summed E-state index contributed by atoms with van der Waals surface area (Å²) in [6.07, 6.45) is 5.90. The van der Waals surface area contributed by atoms with E-state index in [1.807, 2.05) is 26.4 Å². The third-order valence-electron chi connectivity index (χ3n) is 4.12. The summed E-state index contributed by atoms with van der Waals surface area (Å²) in [5.74, 6) is 0.185. The second-order valence-corrected chi connectivity index (χ2v) is 6.01. The maximum absolute atomic E-state index is 11.7. The number of likely N-dealkylation sites (tertiary alicyclic amines) is 1. The highest BCUT2D eigenvalue weighted by atomic mass is 16.2. The number of hydrogen-bond acceptors (Lipinski definition) is 4. The molecule has 0 unspecified atom stereocenters. The minimum atomic E-state index is 0.185. The molecule has 0 aromatic carbocycles. The first-order valence-electron chi connectivity index (χ1n) is 7.64. The molecule has 116 valence electrons. The Morgan fingerprint density at radius 1 is 1.48 bits per heavy atom. The van der Waals surface area contributed by atoms with E-state index in [4.69, 9.17) is 0 Å². The van der Waals surface area contributed by atoms with Crippen molar-refractivity contribution in [3.63, 3.8) is 0 Å². The largest absolute Gasteiger partial charge is 0.348 e. The quantitative estimate of drug-likeness (QED) is 0.887. The maximum Gasteiger partial charge on any atom is 0.236 e. The highest BCUT2D eigenvalue weighted by molar-refractivity contribution is 5.77. The van der Waals surface area contributed by atoms with E-state index < -0.39 is 0 Å². The smallest absolute Gasteiger partial charge is 0.236 e. The van der Waals surface area contributed by atoms with E-state index in [1.54, 1.807) is 11.1 Å². The van der Waals surface area contributed by atoms with Crippen molar-refractivity contribution in [3.8, 4) is 0 Å². The molecule has 5 heteroatoms. The fourth-order valence-corrected chi connectivity index (χ4v) is 2.67. The summed E-state index contributed by atoms with van der Waals surface area (Å²) < 4.78 is 0. The summed E-state index contributed by atoms with van der Waals surface area (Å²) >= 11 is 0. The molecule has 1 amide bonds. The topological polar surface area (TPSA) is 48.5 Å². The van der Waals surface area contributed by atoms with Gasteiger partial charge >= 0.3 is 0 Å². The highest BCUT2D eigenvalue weighted by Gasteiger charge is 2.22. The van der Waals surface area contributed by atoms with Crippen LogP contribution in [0.1, 0.15) is 31.4 Å². The van der Waals surface area contributed by atoms with Crippen molar-refractivity contribution in [3.05, 3.63) is 30.1 Å². The van der Waals surface area contributed by atoms with E-state index in [1.165, 1.54) is 5.56 Å². The summed E-state index contributed by atoms with van der Waals surface area (Å²) in [6, 6.07) is 4.92. The Kier molecular flexibility index (Phi) is 5.70. The van der Waals surface area contributed by atoms with Gasteiger partial charge in [0, 0.05) is 51.7 Å². The lowest BCUT2D eigenvalue weighted by atomic mass is 10.0. The number of amides is 1. The van der Waals surface area contributed by atoms with Crippen molar-refractivity contribution in [1.82, 2.24) is 20.1 Å². The summed E-state index contributed by atoms with van der Waals surface area (Å²) in [4.78, 5) is 19.8. The average Bonchev–Trinajstić information content (AvgIpc) is 2.50. The van der Waals surface area contributed by atoms with E-state index in [-0.39, 0.29) is 5.91 Å². The number of rotatable bonds is 5. The first-order valence-corrected chi connectivity index (χ1v) is 7.64.